The molecule has 2 N–H and O–H groups in total. The van der Waals surface area contributed by atoms with Crippen molar-refractivity contribution in [3.05, 3.63) is 0 Å². The third-order valence-corrected chi connectivity index (χ3v) is 8.18. The average molecular weight is 260 g/mol. The molecule has 0 aromatic rings. The van der Waals surface area contributed by atoms with E-state index in [1.54, 1.807) is 0 Å². The Morgan fingerprint density at radius 2 is 1.13 bits per heavy atom. The SMILES string of the molecule is CC(C)(S(=O)(=O)CCO)S(=O)(=O)CCO. The lowest BCUT2D eigenvalue weighted by Gasteiger charge is -2.24. The molecule has 0 aromatic carbocycles. The summed E-state index contributed by atoms with van der Waals surface area (Å²) in [6.45, 7) is 0.868. The molecule has 0 spiro atoms. The van der Waals surface area contributed by atoms with Crippen LogP contribution >= 0.6 is 0 Å². The van der Waals surface area contributed by atoms with Gasteiger partial charge in [-0.3, -0.25) is 0 Å². The Labute approximate surface area is 89.8 Å². The standard InChI is InChI=1S/C7H16O6S2/c1-7(2,14(10,11)5-3-8)15(12,13)6-4-9/h8-9H,3-6H2,1-2H3. The Bertz CT molecular complexity index is 353. The molecule has 0 saturated heterocycles. The van der Waals surface area contributed by atoms with E-state index in [2.05, 4.69) is 0 Å². The summed E-state index contributed by atoms with van der Waals surface area (Å²) in [4.78, 5) is 0. The third kappa shape index (κ3) is 2.90. The molecular weight excluding hydrogens is 244 g/mol. The van der Waals surface area contributed by atoms with Crippen LogP contribution in [0.15, 0.2) is 0 Å². The topological polar surface area (TPSA) is 109 Å². The number of rotatable bonds is 6. The fourth-order valence-electron chi connectivity index (χ4n) is 0.925. The summed E-state index contributed by atoms with van der Waals surface area (Å²) in [5.74, 6) is -1.21. The Hall–Kier alpha value is -0.180. The molecule has 0 heterocycles. The molecule has 15 heavy (non-hydrogen) atoms. The fourth-order valence-corrected chi connectivity index (χ4v) is 4.44. The van der Waals surface area contributed by atoms with Gasteiger partial charge < -0.3 is 10.2 Å². The van der Waals surface area contributed by atoms with Gasteiger partial charge in [-0.2, -0.15) is 0 Å². The average Bonchev–Trinajstić information content (AvgIpc) is 2.03. The molecule has 0 rings (SSSR count). The lowest BCUT2D eigenvalue weighted by Crippen LogP contribution is -2.44. The smallest absolute Gasteiger partial charge is 0.172 e. The van der Waals surface area contributed by atoms with Crippen molar-refractivity contribution < 1.29 is 27.0 Å². The van der Waals surface area contributed by atoms with E-state index in [0.717, 1.165) is 13.8 Å². The van der Waals surface area contributed by atoms with Crippen molar-refractivity contribution in [3.8, 4) is 0 Å². The maximum absolute atomic E-state index is 11.6. The summed E-state index contributed by atoms with van der Waals surface area (Å²) >= 11 is 0. The summed E-state index contributed by atoms with van der Waals surface area (Å²) < 4.78 is 44.2. The molecule has 0 atom stereocenters. The molecule has 8 heteroatoms. The van der Waals surface area contributed by atoms with Crippen LogP contribution in [0.5, 0.6) is 0 Å². The van der Waals surface area contributed by atoms with Gasteiger partial charge >= 0.3 is 0 Å². The number of hydrogen-bond acceptors (Lipinski definition) is 6. The van der Waals surface area contributed by atoms with E-state index in [1.165, 1.54) is 0 Å². The fraction of sp³-hybridized carbons (Fsp3) is 1.00. The van der Waals surface area contributed by atoms with Crippen LogP contribution in [0.2, 0.25) is 0 Å². The van der Waals surface area contributed by atoms with Crippen molar-refractivity contribution in [1.29, 1.82) is 0 Å². The molecule has 0 aliphatic heterocycles. The van der Waals surface area contributed by atoms with Crippen LogP contribution in [0, 0.1) is 0 Å². The first kappa shape index (κ1) is 14.8. The Morgan fingerprint density at radius 3 is 1.33 bits per heavy atom. The monoisotopic (exact) mass is 260 g/mol. The lowest BCUT2D eigenvalue weighted by atomic mass is 10.5. The van der Waals surface area contributed by atoms with Crippen LogP contribution in [0.25, 0.3) is 0 Å². The van der Waals surface area contributed by atoms with Crippen molar-refractivity contribution in [1.82, 2.24) is 0 Å². The van der Waals surface area contributed by atoms with Gasteiger partial charge in [-0.1, -0.05) is 0 Å². The van der Waals surface area contributed by atoms with Gasteiger partial charge in [0, 0.05) is 0 Å². The normalized spacial score (nSPS) is 14.1. The van der Waals surface area contributed by atoms with E-state index in [0.29, 0.717) is 0 Å². The van der Waals surface area contributed by atoms with Crippen LogP contribution in [0.3, 0.4) is 0 Å². The highest BCUT2D eigenvalue weighted by Crippen LogP contribution is 2.25. The van der Waals surface area contributed by atoms with Crippen LogP contribution < -0.4 is 0 Å². The number of aliphatic hydroxyl groups is 2. The first-order valence-corrected chi connectivity index (χ1v) is 7.59. The first-order valence-electron chi connectivity index (χ1n) is 4.28. The molecule has 0 amide bonds. The van der Waals surface area contributed by atoms with E-state index in [9.17, 15) is 16.8 Å². The molecule has 92 valence electrons. The third-order valence-electron chi connectivity index (χ3n) is 2.22. The number of sulfone groups is 2. The van der Waals surface area contributed by atoms with Crippen molar-refractivity contribution in [3.63, 3.8) is 0 Å². The minimum atomic E-state index is -3.94. The summed E-state index contributed by atoms with van der Waals surface area (Å²) in [5, 5.41) is 17.1. The van der Waals surface area contributed by atoms with E-state index >= 15 is 0 Å². The highest BCUT2D eigenvalue weighted by atomic mass is 32.3. The maximum Gasteiger partial charge on any atom is 0.172 e. The lowest BCUT2D eigenvalue weighted by molar-refractivity contribution is 0.318. The molecule has 0 bridgehead atoms. The number of hydrogen-bond donors (Lipinski definition) is 2. The molecule has 0 aliphatic carbocycles. The largest absolute Gasteiger partial charge is 0.395 e. The van der Waals surface area contributed by atoms with Gasteiger partial charge in [0.15, 0.2) is 23.8 Å². The first-order chi connectivity index (χ1) is 6.62. The van der Waals surface area contributed by atoms with Crippen LogP contribution in [0.1, 0.15) is 13.8 Å². The van der Waals surface area contributed by atoms with Gasteiger partial charge in [-0.15, -0.1) is 0 Å². The Kier molecular flexibility index (Phi) is 4.71. The molecule has 0 fully saturated rings. The minimum absolute atomic E-state index is 0.606. The summed E-state index contributed by atoms with van der Waals surface area (Å²) in [5.41, 5.74) is 0. The van der Waals surface area contributed by atoms with Crippen molar-refractivity contribution >= 4 is 19.7 Å². The van der Waals surface area contributed by atoms with Gasteiger partial charge in [-0.05, 0) is 13.8 Å². The van der Waals surface area contributed by atoms with Gasteiger partial charge in [0.1, 0.15) is 0 Å². The molecule has 0 aliphatic rings. The molecule has 6 nitrogen and oxygen atoms in total. The summed E-state index contributed by atoms with van der Waals surface area (Å²) in [7, 11) is -7.88. The predicted octanol–water partition coefficient (Wildman–Crippen LogP) is -1.46. The minimum Gasteiger partial charge on any atom is -0.395 e. The molecular formula is C7H16O6S2. The number of aliphatic hydroxyl groups excluding tert-OH is 2. The van der Waals surface area contributed by atoms with Gasteiger partial charge in [0.05, 0.1) is 24.7 Å². The van der Waals surface area contributed by atoms with Gasteiger partial charge in [0.25, 0.3) is 0 Å². The van der Waals surface area contributed by atoms with E-state index < -0.39 is 48.5 Å². The van der Waals surface area contributed by atoms with Crippen molar-refractivity contribution in [2.24, 2.45) is 0 Å². The van der Waals surface area contributed by atoms with Gasteiger partial charge in [-0.25, -0.2) is 16.8 Å². The second kappa shape index (κ2) is 4.77. The second-order valence-corrected chi connectivity index (χ2v) is 9.06. The Morgan fingerprint density at radius 1 is 0.867 bits per heavy atom. The zero-order valence-corrected chi connectivity index (χ0v) is 10.3. The van der Waals surface area contributed by atoms with Crippen molar-refractivity contribution in [2.75, 3.05) is 24.7 Å². The highest BCUT2D eigenvalue weighted by Gasteiger charge is 2.45. The van der Waals surface area contributed by atoms with Crippen LogP contribution in [-0.4, -0.2) is 55.8 Å². The predicted molar refractivity (Wildman–Crippen MR) is 55.8 cm³/mol. The second-order valence-electron chi connectivity index (χ2n) is 3.48. The zero-order chi connectivity index (χ0) is 12.3. The van der Waals surface area contributed by atoms with Crippen LogP contribution in [0.4, 0.5) is 0 Å². The van der Waals surface area contributed by atoms with E-state index in [4.69, 9.17) is 10.2 Å². The summed E-state index contributed by atoms with van der Waals surface area (Å²) in [6.07, 6.45) is 0. The van der Waals surface area contributed by atoms with Gasteiger partial charge in [0.2, 0.25) is 0 Å². The zero-order valence-electron chi connectivity index (χ0n) is 8.67. The quantitative estimate of drug-likeness (QED) is 0.604. The molecule has 0 unspecified atom stereocenters. The van der Waals surface area contributed by atoms with E-state index in [-0.39, 0.29) is 0 Å². The maximum atomic E-state index is 11.6. The van der Waals surface area contributed by atoms with E-state index in [1.807, 2.05) is 0 Å². The Balaban J connectivity index is 5.32. The molecule has 0 saturated carbocycles. The van der Waals surface area contributed by atoms with Crippen LogP contribution in [-0.2, 0) is 19.7 Å². The van der Waals surface area contributed by atoms with Crippen molar-refractivity contribution in [2.45, 2.75) is 17.9 Å². The molecule has 0 radical (unpaired) electrons. The molecule has 0 aromatic heterocycles. The summed E-state index contributed by atoms with van der Waals surface area (Å²) in [6, 6.07) is 0. The highest BCUT2D eigenvalue weighted by molar-refractivity contribution is 8.10.